The smallest absolute Gasteiger partial charge is 0.248 e. The highest BCUT2D eigenvalue weighted by Crippen LogP contribution is 2.28. The summed E-state index contributed by atoms with van der Waals surface area (Å²) in [4.78, 5) is 20.1. The quantitative estimate of drug-likeness (QED) is 0.404. The highest BCUT2D eigenvalue weighted by atomic mass is 35.5. The summed E-state index contributed by atoms with van der Waals surface area (Å²) >= 11 is 6.21. The SMILES string of the molecule is C=C/C(=C\NC(N)=NC(C)(C)c1ncccc1Cl)c1cccc(C(N)=O)c1. The average molecular weight is 384 g/mol. The van der Waals surface area contributed by atoms with E-state index in [1.807, 2.05) is 19.9 Å². The van der Waals surface area contributed by atoms with Crippen molar-refractivity contribution >= 4 is 29.0 Å². The summed E-state index contributed by atoms with van der Waals surface area (Å²) in [7, 11) is 0. The van der Waals surface area contributed by atoms with Crippen LogP contribution in [0.2, 0.25) is 5.02 Å². The van der Waals surface area contributed by atoms with Crippen LogP contribution in [0.25, 0.3) is 5.57 Å². The number of guanidine groups is 1. The normalized spacial score (nSPS) is 12.6. The summed E-state index contributed by atoms with van der Waals surface area (Å²) in [5, 5.41) is 3.45. The zero-order valence-corrected chi connectivity index (χ0v) is 16.0. The number of aliphatic imine (C=N–C) groups is 1. The van der Waals surface area contributed by atoms with Gasteiger partial charge in [0.15, 0.2) is 5.96 Å². The molecule has 0 fully saturated rings. The Kier molecular flexibility index (Phi) is 6.36. The molecule has 0 saturated carbocycles. The Morgan fingerprint density at radius 3 is 2.59 bits per heavy atom. The molecule has 1 aromatic heterocycles. The van der Waals surface area contributed by atoms with Gasteiger partial charge < -0.3 is 16.8 Å². The second-order valence-corrected chi connectivity index (χ2v) is 6.69. The first-order valence-corrected chi connectivity index (χ1v) is 8.58. The van der Waals surface area contributed by atoms with Gasteiger partial charge in [-0.25, -0.2) is 4.99 Å². The fourth-order valence-electron chi connectivity index (χ4n) is 2.49. The van der Waals surface area contributed by atoms with E-state index < -0.39 is 11.4 Å². The molecular weight excluding hydrogens is 362 g/mol. The Hall–Kier alpha value is -3.12. The van der Waals surface area contributed by atoms with Crippen LogP contribution in [0.1, 0.15) is 35.5 Å². The molecule has 1 aromatic carbocycles. The number of halogens is 1. The Morgan fingerprint density at radius 1 is 1.26 bits per heavy atom. The van der Waals surface area contributed by atoms with Crippen molar-refractivity contribution in [2.45, 2.75) is 19.4 Å². The molecule has 2 aromatic rings. The fraction of sp³-hybridized carbons (Fsp3) is 0.150. The summed E-state index contributed by atoms with van der Waals surface area (Å²) in [6.07, 6.45) is 4.95. The van der Waals surface area contributed by atoms with Crippen LogP contribution < -0.4 is 16.8 Å². The number of primary amides is 1. The van der Waals surface area contributed by atoms with Crippen LogP contribution in [0.4, 0.5) is 0 Å². The number of rotatable bonds is 6. The van der Waals surface area contributed by atoms with Crippen molar-refractivity contribution in [1.29, 1.82) is 0 Å². The van der Waals surface area contributed by atoms with Crippen molar-refractivity contribution in [3.05, 3.63) is 83.3 Å². The molecule has 1 heterocycles. The van der Waals surface area contributed by atoms with Crippen molar-refractivity contribution < 1.29 is 4.79 Å². The third-order valence-electron chi connectivity index (χ3n) is 3.81. The van der Waals surface area contributed by atoms with Gasteiger partial charge in [0.2, 0.25) is 5.91 Å². The van der Waals surface area contributed by atoms with E-state index in [4.69, 9.17) is 23.1 Å². The lowest BCUT2D eigenvalue weighted by atomic mass is 10.0. The van der Waals surface area contributed by atoms with Crippen LogP contribution in [-0.2, 0) is 5.54 Å². The number of allylic oxidation sites excluding steroid dienone is 2. The number of amides is 1. The number of nitrogens with zero attached hydrogens (tertiary/aromatic N) is 2. The van der Waals surface area contributed by atoms with Crippen molar-refractivity contribution in [1.82, 2.24) is 10.3 Å². The molecule has 1 amide bonds. The highest BCUT2D eigenvalue weighted by molar-refractivity contribution is 6.31. The van der Waals surface area contributed by atoms with Crippen LogP contribution in [0.15, 0.2) is 66.4 Å². The average Bonchev–Trinajstić information content (AvgIpc) is 2.62. The number of benzene rings is 1. The Morgan fingerprint density at radius 2 is 1.96 bits per heavy atom. The lowest BCUT2D eigenvalue weighted by Crippen LogP contribution is -2.32. The van der Waals surface area contributed by atoms with Gasteiger partial charge in [-0.3, -0.25) is 9.78 Å². The van der Waals surface area contributed by atoms with Crippen molar-refractivity contribution in [3.63, 3.8) is 0 Å². The molecule has 0 radical (unpaired) electrons. The summed E-state index contributed by atoms with van der Waals surface area (Å²) in [6.45, 7) is 7.52. The van der Waals surface area contributed by atoms with Gasteiger partial charge in [-0.05, 0) is 49.2 Å². The molecule has 0 aliphatic rings. The zero-order chi connectivity index (χ0) is 20.0. The van der Waals surface area contributed by atoms with Gasteiger partial charge in [0.1, 0.15) is 5.54 Å². The minimum absolute atomic E-state index is 0.187. The fourth-order valence-corrected chi connectivity index (χ4v) is 2.84. The van der Waals surface area contributed by atoms with Crippen molar-refractivity contribution in [3.8, 4) is 0 Å². The van der Waals surface area contributed by atoms with E-state index in [9.17, 15) is 4.79 Å². The van der Waals surface area contributed by atoms with Gasteiger partial charge in [0.25, 0.3) is 0 Å². The molecule has 0 bridgehead atoms. The molecule has 0 unspecified atom stereocenters. The van der Waals surface area contributed by atoms with Crippen LogP contribution in [-0.4, -0.2) is 16.9 Å². The van der Waals surface area contributed by atoms with Crippen molar-refractivity contribution in [2.24, 2.45) is 16.5 Å². The highest BCUT2D eigenvalue weighted by Gasteiger charge is 2.24. The predicted octanol–water partition coefficient (Wildman–Crippen LogP) is 3.20. The predicted molar refractivity (Wildman–Crippen MR) is 110 cm³/mol. The van der Waals surface area contributed by atoms with Crippen LogP contribution in [0.5, 0.6) is 0 Å². The molecule has 27 heavy (non-hydrogen) atoms. The maximum Gasteiger partial charge on any atom is 0.248 e. The topological polar surface area (TPSA) is 106 Å². The van der Waals surface area contributed by atoms with E-state index in [1.54, 1.807) is 48.8 Å². The standard InChI is InChI=1S/C20H22ClN5O/c1-4-13(14-7-5-8-15(11-14)18(22)27)12-25-19(23)26-20(2,3)17-16(21)9-6-10-24-17/h4-12H,1H2,2-3H3,(H2,22,27)(H3,23,25,26)/b13-12+. The lowest BCUT2D eigenvalue weighted by molar-refractivity contribution is 0.100. The molecule has 2 rings (SSSR count). The molecular formula is C20H22ClN5O. The van der Waals surface area contributed by atoms with Gasteiger partial charge in [-0.15, -0.1) is 0 Å². The van der Waals surface area contributed by atoms with Crippen LogP contribution in [0, 0.1) is 0 Å². The maximum atomic E-state index is 11.4. The third kappa shape index (κ3) is 5.18. The summed E-state index contributed by atoms with van der Waals surface area (Å²) in [6, 6.07) is 10.4. The van der Waals surface area contributed by atoms with Crippen LogP contribution in [0.3, 0.4) is 0 Å². The largest absolute Gasteiger partial charge is 0.370 e. The summed E-state index contributed by atoms with van der Waals surface area (Å²) in [5.74, 6) is -0.310. The molecule has 0 saturated heterocycles. The van der Waals surface area contributed by atoms with E-state index in [0.29, 0.717) is 16.3 Å². The van der Waals surface area contributed by atoms with E-state index in [1.165, 1.54) is 0 Å². The number of hydrogen-bond acceptors (Lipinski definition) is 3. The first-order chi connectivity index (χ1) is 12.7. The van der Waals surface area contributed by atoms with Gasteiger partial charge in [0, 0.05) is 18.0 Å². The van der Waals surface area contributed by atoms with E-state index in [2.05, 4.69) is 21.9 Å². The number of nitrogens with two attached hydrogens (primary N) is 2. The molecule has 0 aliphatic carbocycles. The molecule has 0 spiro atoms. The van der Waals surface area contributed by atoms with Gasteiger partial charge >= 0.3 is 0 Å². The number of carbonyl (C=O) groups excluding carboxylic acids is 1. The number of pyridine rings is 1. The minimum atomic E-state index is -0.719. The Balaban J connectivity index is 2.25. The maximum absolute atomic E-state index is 11.4. The molecule has 0 atom stereocenters. The van der Waals surface area contributed by atoms with E-state index >= 15 is 0 Å². The van der Waals surface area contributed by atoms with Gasteiger partial charge in [-0.2, -0.15) is 0 Å². The minimum Gasteiger partial charge on any atom is -0.370 e. The van der Waals surface area contributed by atoms with Crippen molar-refractivity contribution in [2.75, 3.05) is 0 Å². The first kappa shape index (κ1) is 20.2. The summed E-state index contributed by atoms with van der Waals surface area (Å²) in [5.41, 5.74) is 13.2. The molecule has 0 aliphatic heterocycles. The first-order valence-electron chi connectivity index (χ1n) is 8.20. The third-order valence-corrected chi connectivity index (χ3v) is 4.12. The number of nitrogens with one attached hydrogen (secondary N) is 1. The Labute approximate surface area is 163 Å². The molecule has 5 N–H and O–H groups in total. The molecule has 140 valence electrons. The van der Waals surface area contributed by atoms with E-state index in [-0.39, 0.29) is 5.96 Å². The monoisotopic (exact) mass is 383 g/mol. The second-order valence-electron chi connectivity index (χ2n) is 6.28. The van der Waals surface area contributed by atoms with Crippen LogP contribution >= 0.6 is 11.6 Å². The number of hydrogen-bond donors (Lipinski definition) is 3. The molecule has 7 heteroatoms. The number of carbonyl (C=O) groups is 1. The Bertz CT molecular complexity index is 918. The lowest BCUT2D eigenvalue weighted by Gasteiger charge is -2.21. The molecule has 6 nitrogen and oxygen atoms in total. The zero-order valence-electron chi connectivity index (χ0n) is 15.2. The second kappa shape index (κ2) is 8.51. The van der Waals surface area contributed by atoms with Gasteiger partial charge in [0.05, 0.1) is 10.7 Å². The van der Waals surface area contributed by atoms with Gasteiger partial charge in [-0.1, -0.05) is 36.4 Å². The van der Waals surface area contributed by atoms with E-state index in [0.717, 1.165) is 11.1 Å². The number of aromatic nitrogens is 1. The summed E-state index contributed by atoms with van der Waals surface area (Å²) < 4.78 is 0.